The molecular formula is C13H10BrFN2OS. The number of halogens is 2. The number of nitrogens with one attached hydrogen (secondary N) is 2. The van der Waals surface area contributed by atoms with Crippen molar-refractivity contribution in [3.05, 3.63) is 62.6 Å². The van der Waals surface area contributed by atoms with E-state index in [4.69, 9.17) is 12.2 Å². The van der Waals surface area contributed by atoms with Crippen LogP contribution < -0.4 is 5.32 Å². The summed E-state index contributed by atoms with van der Waals surface area (Å²) in [4.78, 5) is 14.7. The van der Waals surface area contributed by atoms with Gasteiger partial charge in [-0.2, -0.15) is 0 Å². The molecule has 2 N–H and O–H groups in total. The molecule has 0 aliphatic rings. The molecular weight excluding hydrogens is 331 g/mol. The molecule has 2 rings (SSSR count). The van der Waals surface area contributed by atoms with E-state index in [1.54, 1.807) is 30.5 Å². The van der Waals surface area contributed by atoms with Crippen molar-refractivity contribution in [2.45, 2.75) is 6.54 Å². The Morgan fingerprint density at radius 3 is 2.95 bits per heavy atom. The maximum atomic E-state index is 13.5. The van der Waals surface area contributed by atoms with Crippen LogP contribution in [0.5, 0.6) is 0 Å². The van der Waals surface area contributed by atoms with Crippen molar-refractivity contribution in [2.24, 2.45) is 0 Å². The van der Waals surface area contributed by atoms with Crippen molar-refractivity contribution in [1.82, 2.24) is 10.3 Å². The van der Waals surface area contributed by atoms with E-state index in [1.807, 2.05) is 0 Å². The van der Waals surface area contributed by atoms with Crippen molar-refractivity contribution in [1.29, 1.82) is 0 Å². The molecule has 0 fully saturated rings. The van der Waals surface area contributed by atoms with Crippen LogP contribution in [0.15, 0.2) is 41.0 Å². The fourth-order valence-corrected chi connectivity index (χ4v) is 2.19. The third-order valence-corrected chi connectivity index (χ3v) is 3.34. The van der Waals surface area contributed by atoms with E-state index in [0.717, 1.165) is 4.47 Å². The number of amides is 1. The van der Waals surface area contributed by atoms with E-state index in [2.05, 4.69) is 26.2 Å². The lowest BCUT2D eigenvalue weighted by atomic mass is 10.2. The largest absolute Gasteiger partial charge is 0.352 e. The van der Waals surface area contributed by atoms with Crippen LogP contribution in [-0.2, 0) is 6.54 Å². The summed E-state index contributed by atoms with van der Waals surface area (Å²) in [5, 5.41) is 2.64. The van der Waals surface area contributed by atoms with Crippen LogP contribution in [0.3, 0.4) is 0 Å². The number of pyridine rings is 1. The van der Waals surface area contributed by atoms with Crippen molar-refractivity contribution in [3.63, 3.8) is 0 Å². The van der Waals surface area contributed by atoms with Gasteiger partial charge in [0.2, 0.25) is 0 Å². The molecule has 1 amide bonds. The van der Waals surface area contributed by atoms with Gasteiger partial charge in [0.25, 0.3) is 5.91 Å². The van der Waals surface area contributed by atoms with Crippen molar-refractivity contribution in [2.75, 3.05) is 0 Å². The van der Waals surface area contributed by atoms with E-state index in [9.17, 15) is 9.18 Å². The minimum Gasteiger partial charge on any atom is -0.352 e. The Bertz CT molecular complexity index is 672. The summed E-state index contributed by atoms with van der Waals surface area (Å²) in [5.74, 6) is -0.692. The molecule has 0 aliphatic carbocycles. The minimum atomic E-state index is -0.360. The zero-order valence-corrected chi connectivity index (χ0v) is 12.1. The highest BCUT2D eigenvalue weighted by Crippen LogP contribution is 2.15. The van der Waals surface area contributed by atoms with Gasteiger partial charge >= 0.3 is 0 Å². The van der Waals surface area contributed by atoms with E-state index in [0.29, 0.717) is 15.8 Å². The third-order valence-electron chi connectivity index (χ3n) is 2.51. The first-order valence-electron chi connectivity index (χ1n) is 5.48. The molecule has 0 spiro atoms. The molecule has 19 heavy (non-hydrogen) atoms. The van der Waals surface area contributed by atoms with Crippen LogP contribution in [0.25, 0.3) is 0 Å². The Balaban J connectivity index is 2.11. The van der Waals surface area contributed by atoms with Gasteiger partial charge in [0, 0.05) is 22.8 Å². The molecule has 0 saturated heterocycles. The summed E-state index contributed by atoms with van der Waals surface area (Å²) in [6, 6.07) is 7.88. The predicted molar refractivity (Wildman–Crippen MR) is 76.9 cm³/mol. The fraction of sp³-hybridized carbons (Fsp3) is 0.0769. The summed E-state index contributed by atoms with van der Waals surface area (Å²) in [6.07, 6.45) is 1.65. The molecule has 98 valence electrons. The molecule has 3 nitrogen and oxygen atoms in total. The number of aromatic nitrogens is 1. The second-order valence-electron chi connectivity index (χ2n) is 3.83. The van der Waals surface area contributed by atoms with Crippen LogP contribution in [0.4, 0.5) is 4.39 Å². The SMILES string of the molecule is O=C(NCc1cc(Br)ccc1F)c1ccc[nH]c1=S. The van der Waals surface area contributed by atoms with Crippen molar-refractivity contribution >= 4 is 34.1 Å². The highest BCUT2D eigenvalue weighted by molar-refractivity contribution is 9.10. The quantitative estimate of drug-likeness (QED) is 0.839. The first-order valence-corrected chi connectivity index (χ1v) is 6.68. The third kappa shape index (κ3) is 3.48. The maximum Gasteiger partial charge on any atom is 0.254 e. The second kappa shape index (κ2) is 6.08. The zero-order valence-electron chi connectivity index (χ0n) is 9.74. The molecule has 1 aromatic heterocycles. The van der Waals surface area contributed by atoms with Gasteiger partial charge in [-0.25, -0.2) is 4.39 Å². The second-order valence-corrected chi connectivity index (χ2v) is 5.16. The smallest absolute Gasteiger partial charge is 0.254 e. The number of benzene rings is 1. The molecule has 0 radical (unpaired) electrons. The Hall–Kier alpha value is -1.53. The topological polar surface area (TPSA) is 44.9 Å². The van der Waals surface area contributed by atoms with Gasteiger partial charge in [0.05, 0.1) is 5.56 Å². The van der Waals surface area contributed by atoms with Gasteiger partial charge in [-0.15, -0.1) is 0 Å². The summed E-state index contributed by atoms with van der Waals surface area (Å²) in [7, 11) is 0. The Morgan fingerprint density at radius 2 is 2.21 bits per heavy atom. The van der Waals surface area contributed by atoms with Crippen molar-refractivity contribution < 1.29 is 9.18 Å². The Morgan fingerprint density at radius 1 is 1.42 bits per heavy atom. The Kier molecular flexibility index (Phi) is 4.44. The molecule has 2 aromatic rings. The lowest BCUT2D eigenvalue weighted by Crippen LogP contribution is -2.23. The molecule has 6 heteroatoms. The Labute approximate surface area is 123 Å². The summed E-state index contributed by atoms with van der Waals surface area (Å²) >= 11 is 8.27. The van der Waals surface area contributed by atoms with E-state index in [-0.39, 0.29) is 18.3 Å². The minimum absolute atomic E-state index is 0.105. The number of rotatable bonds is 3. The first-order chi connectivity index (χ1) is 9.08. The maximum absolute atomic E-state index is 13.5. The molecule has 0 atom stereocenters. The van der Waals surface area contributed by atoms with E-state index >= 15 is 0 Å². The summed E-state index contributed by atoms with van der Waals surface area (Å²) < 4.78 is 14.6. The molecule has 1 heterocycles. The molecule has 0 aliphatic heterocycles. The molecule has 0 unspecified atom stereocenters. The number of hydrogen-bond donors (Lipinski definition) is 2. The van der Waals surface area contributed by atoms with Crippen molar-refractivity contribution in [3.8, 4) is 0 Å². The molecule has 1 aromatic carbocycles. The predicted octanol–water partition coefficient (Wildman–Crippen LogP) is 3.58. The van der Waals surface area contributed by atoms with Gasteiger partial charge in [0.1, 0.15) is 10.5 Å². The molecule has 0 saturated carbocycles. The van der Waals surface area contributed by atoms with Gasteiger partial charge < -0.3 is 10.3 Å². The van der Waals surface area contributed by atoms with Gasteiger partial charge in [0.15, 0.2) is 0 Å². The number of H-pyrrole nitrogens is 1. The highest BCUT2D eigenvalue weighted by Gasteiger charge is 2.09. The monoisotopic (exact) mass is 340 g/mol. The number of hydrogen-bond acceptors (Lipinski definition) is 2. The number of carbonyl (C=O) groups excluding carboxylic acids is 1. The average Bonchev–Trinajstić information content (AvgIpc) is 2.40. The number of carbonyl (C=O) groups is 1. The van der Waals surface area contributed by atoms with Crippen LogP contribution in [0.1, 0.15) is 15.9 Å². The lowest BCUT2D eigenvalue weighted by molar-refractivity contribution is 0.0949. The van der Waals surface area contributed by atoms with E-state index in [1.165, 1.54) is 6.07 Å². The highest BCUT2D eigenvalue weighted by atomic mass is 79.9. The normalized spacial score (nSPS) is 10.2. The average molecular weight is 341 g/mol. The standard InChI is InChI=1S/C13H10BrFN2OS/c14-9-3-4-11(15)8(6-9)7-17-12(18)10-2-1-5-16-13(10)19/h1-6H,7H2,(H,16,19)(H,17,18). The van der Waals surface area contributed by atoms with Crippen LogP contribution in [-0.4, -0.2) is 10.9 Å². The first kappa shape index (κ1) is 13.9. The fourth-order valence-electron chi connectivity index (χ4n) is 1.55. The van der Waals surface area contributed by atoms with Crippen LogP contribution in [0, 0.1) is 10.5 Å². The molecule has 0 bridgehead atoms. The number of aromatic amines is 1. The summed E-state index contributed by atoms with van der Waals surface area (Å²) in [5.41, 5.74) is 0.779. The van der Waals surface area contributed by atoms with Gasteiger partial charge in [-0.05, 0) is 30.3 Å². The van der Waals surface area contributed by atoms with Gasteiger partial charge in [-0.3, -0.25) is 4.79 Å². The van der Waals surface area contributed by atoms with Gasteiger partial charge in [-0.1, -0.05) is 28.1 Å². The van der Waals surface area contributed by atoms with E-state index < -0.39 is 0 Å². The lowest BCUT2D eigenvalue weighted by Gasteiger charge is -2.07. The zero-order chi connectivity index (χ0) is 13.8. The van der Waals surface area contributed by atoms with Crippen LogP contribution in [0.2, 0.25) is 0 Å². The van der Waals surface area contributed by atoms with Crippen LogP contribution >= 0.6 is 28.1 Å². The summed E-state index contributed by atoms with van der Waals surface area (Å²) in [6.45, 7) is 0.105.